The average Bonchev–Trinajstić information content (AvgIpc) is 3.21. The fourth-order valence-electron chi connectivity index (χ4n) is 4.31. The van der Waals surface area contributed by atoms with Crippen LogP contribution in [0.1, 0.15) is 27.3 Å². The first-order chi connectivity index (χ1) is 18.4. The van der Waals surface area contributed by atoms with Crippen molar-refractivity contribution in [3.05, 3.63) is 130 Å². The van der Waals surface area contributed by atoms with Gasteiger partial charge in [-0.25, -0.2) is 5.43 Å². The van der Waals surface area contributed by atoms with E-state index >= 15 is 0 Å². The van der Waals surface area contributed by atoms with E-state index in [4.69, 9.17) is 0 Å². The van der Waals surface area contributed by atoms with Crippen molar-refractivity contribution >= 4 is 40.3 Å². The zero-order chi connectivity index (χ0) is 26.6. The number of fused-ring (bicyclic) bond motifs is 1. The van der Waals surface area contributed by atoms with Crippen molar-refractivity contribution in [2.45, 2.75) is 23.6 Å². The summed E-state index contributed by atoms with van der Waals surface area (Å²) in [6, 6.07) is 30.2. The molecular weight excluding hydrogens is 496 g/mol. The predicted molar refractivity (Wildman–Crippen MR) is 151 cm³/mol. The van der Waals surface area contributed by atoms with Gasteiger partial charge in [0.2, 0.25) is 0 Å². The quantitative estimate of drug-likeness (QED) is 0.141. The zero-order valence-corrected chi connectivity index (χ0v) is 21.6. The van der Waals surface area contributed by atoms with Crippen molar-refractivity contribution < 1.29 is 9.72 Å². The van der Waals surface area contributed by atoms with Crippen molar-refractivity contribution in [3.8, 4) is 5.69 Å². The Morgan fingerprint density at radius 2 is 1.55 bits per heavy atom. The van der Waals surface area contributed by atoms with E-state index in [0.29, 0.717) is 5.56 Å². The summed E-state index contributed by atoms with van der Waals surface area (Å²) in [6.07, 6.45) is 1.66. The number of hydrogen-bond acceptors (Lipinski definition) is 5. The second kappa shape index (κ2) is 10.7. The Bertz CT molecular complexity index is 1670. The van der Waals surface area contributed by atoms with Gasteiger partial charge < -0.3 is 4.57 Å². The van der Waals surface area contributed by atoms with Gasteiger partial charge in [-0.3, -0.25) is 14.9 Å². The fourth-order valence-corrected chi connectivity index (χ4v) is 5.12. The van der Waals surface area contributed by atoms with E-state index in [1.54, 1.807) is 36.2 Å². The lowest BCUT2D eigenvalue weighted by molar-refractivity contribution is -0.384. The van der Waals surface area contributed by atoms with Crippen LogP contribution in [0.25, 0.3) is 16.5 Å². The molecule has 0 aliphatic rings. The molecule has 0 radical (unpaired) electrons. The molecule has 5 aromatic rings. The number of carbonyl (C=O) groups excluding carboxylic acids is 1. The van der Waals surface area contributed by atoms with Crippen molar-refractivity contribution in [2.24, 2.45) is 5.10 Å². The van der Waals surface area contributed by atoms with Gasteiger partial charge in [0.1, 0.15) is 0 Å². The maximum absolute atomic E-state index is 12.6. The molecule has 188 valence electrons. The monoisotopic (exact) mass is 520 g/mol. The summed E-state index contributed by atoms with van der Waals surface area (Å²) in [6.45, 7) is 4.04. The lowest BCUT2D eigenvalue weighted by Gasteiger charge is -2.10. The molecule has 0 spiro atoms. The molecular formula is C30H24N4O3S. The molecule has 0 aliphatic carbocycles. The number of rotatable bonds is 7. The molecule has 1 aromatic heterocycles. The molecule has 8 heteroatoms. The molecule has 1 heterocycles. The van der Waals surface area contributed by atoms with Crippen molar-refractivity contribution in [1.82, 2.24) is 9.99 Å². The summed E-state index contributed by atoms with van der Waals surface area (Å²) in [4.78, 5) is 25.0. The zero-order valence-electron chi connectivity index (χ0n) is 20.8. The first-order valence-corrected chi connectivity index (χ1v) is 12.7. The van der Waals surface area contributed by atoms with Crippen LogP contribution in [-0.4, -0.2) is 21.6 Å². The summed E-state index contributed by atoms with van der Waals surface area (Å²) < 4.78 is 2.13. The summed E-state index contributed by atoms with van der Waals surface area (Å²) in [5, 5.41) is 17.1. The molecule has 4 aromatic carbocycles. The molecule has 38 heavy (non-hydrogen) atoms. The molecule has 1 amide bonds. The molecule has 5 rings (SSSR count). The van der Waals surface area contributed by atoms with Crippen LogP contribution < -0.4 is 5.43 Å². The largest absolute Gasteiger partial charge is 0.318 e. The lowest BCUT2D eigenvalue weighted by atomic mass is 10.1. The Kier molecular flexibility index (Phi) is 7.06. The number of hydrogen-bond donors (Lipinski definition) is 1. The highest BCUT2D eigenvalue weighted by Gasteiger charge is 2.11. The number of non-ortho nitro benzene ring substituents is 1. The van der Waals surface area contributed by atoms with E-state index in [-0.39, 0.29) is 11.6 Å². The second-order valence-electron chi connectivity index (χ2n) is 8.77. The Hall–Kier alpha value is -4.69. The third-order valence-electron chi connectivity index (χ3n) is 6.23. The smallest absolute Gasteiger partial charge is 0.271 e. The number of nitrogens with zero attached hydrogens (tertiary/aromatic N) is 3. The Morgan fingerprint density at radius 3 is 2.24 bits per heavy atom. The van der Waals surface area contributed by atoms with Crippen molar-refractivity contribution in [3.63, 3.8) is 0 Å². The number of hydrazone groups is 1. The van der Waals surface area contributed by atoms with E-state index in [9.17, 15) is 14.9 Å². The van der Waals surface area contributed by atoms with Gasteiger partial charge in [-0.05, 0) is 79.2 Å². The summed E-state index contributed by atoms with van der Waals surface area (Å²) in [7, 11) is 0. The van der Waals surface area contributed by atoms with Crippen LogP contribution in [0.2, 0.25) is 0 Å². The van der Waals surface area contributed by atoms with Crippen LogP contribution in [0, 0.1) is 24.0 Å². The number of carbonyl (C=O) groups is 1. The Labute approximate surface area is 224 Å². The minimum absolute atomic E-state index is 0.0795. The molecule has 0 unspecified atom stereocenters. The van der Waals surface area contributed by atoms with E-state index in [1.807, 2.05) is 80.6 Å². The molecule has 0 fully saturated rings. The third kappa shape index (κ3) is 5.35. The van der Waals surface area contributed by atoms with Crippen LogP contribution in [0.4, 0.5) is 5.69 Å². The van der Waals surface area contributed by atoms with Crippen LogP contribution in [0.3, 0.4) is 0 Å². The van der Waals surface area contributed by atoms with Gasteiger partial charge >= 0.3 is 0 Å². The van der Waals surface area contributed by atoms with Gasteiger partial charge in [0.15, 0.2) is 0 Å². The molecule has 0 bridgehead atoms. The standard InChI is InChI=1S/C30H24N4O3S/c1-20-17-25(19-31-32-30(35)24-8-7-22-5-3-4-6-23(22)18-24)21(2)33(20)26-9-13-28(14-10-26)38-29-15-11-27(12-16-29)34(36)37/h3-19H,1-2H3,(H,32,35)/b31-19+. The third-order valence-corrected chi connectivity index (χ3v) is 7.25. The highest BCUT2D eigenvalue weighted by molar-refractivity contribution is 7.99. The minimum atomic E-state index is -0.400. The Balaban J connectivity index is 1.27. The average molecular weight is 521 g/mol. The maximum atomic E-state index is 12.6. The SMILES string of the molecule is Cc1cc(/C=N/NC(=O)c2ccc3ccccc3c2)c(C)n1-c1ccc(Sc2ccc([N+](=O)[O-])cc2)cc1. The fraction of sp³-hybridized carbons (Fsp3) is 0.0667. The van der Waals surface area contributed by atoms with Crippen LogP contribution in [-0.2, 0) is 0 Å². The highest BCUT2D eigenvalue weighted by Crippen LogP contribution is 2.30. The van der Waals surface area contributed by atoms with E-state index in [1.165, 1.54) is 12.1 Å². The number of aryl methyl sites for hydroxylation is 1. The van der Waals surface area contributed by atoms with Gasteiger partial charge in [0, 0.05) is 50.1 Å². The van der Waals surface area contributed by atoms with Crippen LogP contribution in [0.15, 0.2) is 112 Å². The number of nitrogens with one attached hydrogen (secondary N) is 1. The molecule has 0 saturated carbocycles. The molecule has 7 nitrogen and oxygen atoms in total. The highest BCUT2D eigenvalue weighted by atomic mass is 32.2. The van der Waals surface area contributed by atoms with Gasteiger partial charge in [-0.15, -0.1) is 0 Å². The number of nitro groups is 1. The normalized spacial score (nSPS) is 11.2. The van der Waals surface area contributed by atoms with Gasteiger partial charge in [0.25, 0.3) is 11.6 Å². The number of amides is 1. The lowest BCUT2D eigenvalue weighted by Crippen LogP contribution is -2.17. The van der Waals surface area contributed by atoms with Gasteiger partial charge in [-0.1, -0.05) is 42.1 Å². The van der Waals surface area contributed by atoms with E-state index in [2.05, 4.69) is 15.1 Å². The molecule has 0 saturated heterocycles. The number of nitro benzene ring substituents is 1. The molecule has 1 N–H and O–H groups in total. The van der Waals surface area contributed by atoms with E-state index < -0.39 is 4.92 Å². The first-order valence-electron chi connectivity index (χ1n) is 11.9. The topological polar surface area (TPSA) is 89.5 Å². The summed E-state index contributed by atoms with van der Waals surface area (Å²) in [5.41, 5.74) is 7.22. The predicted octanol–water partition coefficient (Wildman–Crippen LogP) is 7.07. The second-order valence-corrected chi connectivity index (χ2v) is 9.92. The van der Waals surface area contributed by atoms with Crippen molar-refractivity contribution in [2.75, 3.05) is 0 Å². The van der Waals surface area contributed by atoms with Gasteiger partial charge in [-0.2, -0.15) is 5.10 Å². The molecule has 0 atom stereocenters. The van der Waals surface area contributed by atoms with Crippen LogP contribution >= 0.6 is 11.8 Å². The number of aromatic nitrogens is 1. The Morgan fingerprint density at radius 1 is 0.895 bits per heavy atom. The maximum Gasteiger partial charge on any atom is 0.271 e. The van der Waals surface area contributed by atoms with Gasteiger partial charge in [0.05, 0.1) is 11.1 Å². The van der Waals surface area contributed by atoms with Crippen LogP contribution in [0.5, 0.6) is 0 Å². The molecule has 0 aliphatic heterocycles. The minimum Gasteiger partial charge on any atom is -0.318 e. The van der Waals surface area contributed by atoms with E-state index in [0.717, 1.165) is 43.2 Å². The van der Waals surface area contributed by atoms with Crippen molar-refractivity contribution in [1.29, 1.82) is 0 Å². The summed E-state index contributed by atoms with van der Waals surface area (Å²) in [5.74, 6) is -0.262. The number of benzene rings is 4. The first kappa shape index (κ1) is 25.0. The summed E-state index contributed by atoms with van der Waals surface area (Å²) >= 11 is 1.54.